The summed E-state index contributed by atoms with van der Waals surface area (Å²) in [5.41, 5.74) is -0.592. The summed E-state index contributed by atoms with van der Waals surface area (Å²) in [5, 5.41) is 24.2. The molecule has 0 unspecified atom stereocenters. The molecule has 0 spiro atoms. The van der Waals surface area contributed by atoms with Crippen molar-refractivity contribution >= 4 is 23.0 Å². The van der Waals surface area contributed by atoms with E-state index in [1.807, 2.05) is 0 Å². The number of nitrogens with one attached hydrogen (secondary N) is 1. The summed E-state index contributed by atoms with van der Waals surface area (Å²) >= 11 is 0. The van der Waals surface area contributed by atoms with Crippen LogP contribution in [-0.2, 0) is 4.79 Å². The van der Waals surface area contributed by atoms with Crippen LogP contribution >= 0.6 is 0 Å². The molecule has 0 aliphatic heterocycles. The van der Waals surface area contributed by atoms with E-state index in [9.17, 15) is 29.4 Å². The quantitative estimate of drug-likeness (QED) is 0.577. The molecule has 0 radical (unpaired) electrons. The molecular formula is C16H14FN3O7. The third-order valence-electron chi connectivity index (χ3n) is 3.45. The summed E-state index contributed by atoms with van der Waals surface area (Å²) in [6.45, 7) is 1.31. The average molecular weight is 379 g/mol. The highest BCUT2D eigenvalue weighted by Gasteiger charge is 2.23. The van der Waals surface area contributed by atoms with Crippen molar-refractivity contribution in [2.45, 2.75) is 13.0 Å². The van der Waals surface area contributed by atoms with E-state index in [1.54, 1.807) is 0 Å². The first-order chi connectivity index (χ1) is 12.7. The molecule has 0 saturated heterocycles. The van der Waals surface area contributed by atoms with Gasteiger partial charge >= 0.3 is 5.69 Å². The molecule has 2 rings (SSSR count). The zero-order valence-electron chi connectivity index (χ0n) is 14.2. The van der Waals surface area contributed by atoms with E-state index in [-0.39, 0.29) is 17.1 Å². The van der Waals surface area contributed by atoms with Gasteiger partial charge < -0.3 is 14.8 Å². The maximum Gasteiger partial charge on any atom is 0.311 e. The number of hydrogen-bond acceptors (Lipinski definition) is 7. The molecule has 1 N–H and O–H groups in total. The minimum Gasteiger partial charge on any atom is -0.494 e. The molecule has 27 heavy (non-hydrogen) atoms. The lowest BCUT2D eigenvalue weighted by atomic mass is 10.2. The van der Waals surface area contributed by atoms with Gasteiger partial charge in [0.25, 0.3) is 11.6 Å². The lowest BCUT2D eigenvalue weighted by molar-refractivity contribution is -0.386. The fourth-order valence-electron chi connectivity index (χ4n) is 2.11. The van der Waals surface area contributed by atoms with Gasteiger partial charge in [-0.1, -0.05) is 0 Å². The SMILES string of the molecule is COc1cc([N+](=O)[O-])ccc1NC(=O)[C@@H](C)Oc1cc(F)ccc1[N+](=O)[O-]. The van der Waals surface area contributed by atoms with Crippen molar-refractivity contribution in [3.8, 4) is 11.5 Å². The van der Waals surface area contributed by atoms with Crippen LogP contribution in [0.3, 0.4) is 0 Å². The highest BCUT2D eigenvalue weighted by atomic mass is 19.1. The van der Waals surface area contributed by atoms with E-state index in [1.165, 1.54) is 26.2 Å². The van der Waals surface area contributed by atoms with Crippen molar-refractivity contribution in [1.82, 2.24) is 0 Å². The largest absolute Gasteiger partial charge is 0.494 e. The number of carbonyl (C=O) groups is 1. The van der Waals surface area contributed by atoms with Crippen LogP contribution in [0.25, 0.3) is 0 Å². The number of rotatable bonds is 7. The van der Waals surface area contributed by atoms with Gasteiger partial charge in [0.1, 0.15) is 11.6 Å². The number of hydrogen-bond donors (Lipinski definition) is 1. The molecule has 1 amide bonds. The van der Waals surface area contributed by atoms with Gasteiger partial charge in [-0.25, -0.2) is 4.39 Å². The number of non-ortho nitro benzene ring substituents is 1. The number of anilines is 1. The number of nitro benzene ring substituents is 2. The zero-order chi connectivity index (χ0) is 20.1. The summed E-state index contributed by atoms with van der Waals surface area (Å²) in [7, 11) is 1.27. The summed E-state index contributed by atoms with van der Waals surface area (Å²) in [5.74, 6) is -1.85. The van der Waals surface area contributed by atoms with E-state index in [4.69, 9.17) is 9.47 Å². The Balaban J connectivity index is 2.18. The fourth-order valence-corrected chi connectivity index (χ4v) is 2.11. The smallest absolute Gasteiger partial charge is 0.311 e. The highest BCUT2D eigenvalue weighted by Crippen LogP contribution is 2.30. The Kier molecular flexibility index (Phi) is 5.85. The van der Waals surface area contributed by atoms with Gasteiger partial charge in [0.2, 0.25) is 5.75 Å². The predicted molar refractivity (Wildman–Crippen MR) is 91.4 cm³/mol. The predicted octanol–water partition coefficient (Wildman–Crippen LogP) is 3.06. The van der Waals surface area contributed by atoms with Gasteiger partial charge in [0.15, 0.2) is 6.10 Å². The van der Waals surface area contributed by atoms with Crippen molar-refractivity contribution < 1.29 is 28.5 Å². The molecule has 0 bridgehead atoms. The van der Waals surface area contributed by atoms with Crippen LogP contribution in [0.1, 0.15) is 6.92 Å². The van der Waals surface area contributed by atoms with E-state index < -0.39 is 39.1 Å². The number of methoxy groups -OCH3 is 1. The molecule has 2 aromatic rings. The maximum absolute atomic E-state index is 13.3. The minimum atomic E-state index is -1.23. The van der Waals surface area contributed by atoms with Gasteiger partial charge in [-0.15, -0.1) is 0 Å². The van der Waals surface area contributed by atoms with Crippen molar-refractivity contribution in [3.05, 3.63) is 62.4 Å². The summed E-state index contributed by atoms with van der Waals surface area (Å²) in [6.07, 6.45) is -1.23. The molecule has 0 aliphatic carbocycles. The Hall–Kier alpha value is -3.76. The average Bonchev–Trinajstić information content (AvgIpc) is 2.61. The van der Waals surface area contributed by atoms with Crippen LogP contribution in [0, 0.1) is 26.0 Å². The van der Waals surface area contributed by atoms with Gasteiger partial charge in [0, 0.05) is 18.2 Å². The zero-order valence-corrected chi connectivity index (χ0v) is 14.2. The second kappa shape index (κ2) is 8.08. The molecule has 1 atom stereocenters. The molecule has 0 heterocycles. The normalized spacial score (nSPS) is 11.4. The van der Waals surface area contributed by atoms with E-state index in [0.717, 1.165) is 24.3 Å². The number of ether oxygens (including phenoxy) is 2. The van der Waals surface area contributed by atoms with Crippen molar-refractivity contribution in [2.75, 3.05) is 12.4 Å². The van der Waals surface area contributed by atoms with E-state index in [0.29, 0.717) is 0 Å². The van der Waals surface area contributed by atoms with Crippen LogP contribution in [0.4, 0.5) is 21.5 Å². The third kappa shape index (κ3) is 4.66. The van der Waals surface area contributed by atoms with Crippen molar-refractivity contribution in [2.24, 2.45) is 0 Å². The van der Waals surface area contributed by atoms with Gasteiger partial charge in [0.05, 0.1) is 28.7 Å². The number of carbonyl (C=O) groups excluding carboxylic acids is 1. The van der Waals surface area contributed by atoms with Crippen LogP contribution in [-0.4, -0.2) is 29.0 Å². The number of benzene rings is 2. The number of nitro groups is 2. The molecular weight excluding hydrogens is 365 g/mol. The molecule has 0 saturated carbocycles. The van der Waals surface area contributed by atoms with E-state index >= 15 is 0 Å². The summed E-state index contributed by atoms with van der Waals surface area (Å²) in [6, 6.07) is 6.19. The minimum absolute atomic E-state index is 0.0430. The van der Waals surface area contributed by atoms with Crippen LogP contribution in [0.2, 0.25) is 0 Å². The number of nitrogens with zero attached hydrogens (tertiary/aromatic N) is 2. The molecule has 11 heteroatoms. The standard InChI is InChI=1S/C16H14FN3O7/c1-9(27-15-7-10(17)3-6-13(15)20(24)25)16(21)18-12-5-4-11(19(22)23)8-14(12)26-2/h3-9H,1-2H3,(H,18,21)/t9-/m1/s1. The lowest BCUT2D eigenvalue weighted by Gasteiger charge is -2.16. The highest BCUT2D eigenvalue weighted by molar-refractivity contribution is 5.95. The van der Waals surface area contributed by atoms with E-state index in [2.05, 4.69) is 5.32 Å². The Morgan fingerprint density at radius 2 is 1.81 bits per heavy atom. The summed E-state index contributed by atoms with van der Waals surface area (Å²) < 4.78 is 23.6. The first-order valence-electron chi connectivity index (χ1n) is 7.46. The first-order valence-corrected chi connectivity index (χ1v) is 7.46. The monoisotopic (exact) mass is 379 g/mol. The summed E-state index contributed by atoms with van der Waals surface area (Å²) in [4.78, 5) is 32.7. The van der Waals surface area contributed by atoms with Crippen LogP contribution in [0.5, 0.6) is 11.5 Å². The van der Waals surface area contributed by atoms with Crippen molar-refractivity contribution in [1.29, 1.82) is 0 Å². The topological polar surface area (TPSA) is 134 Å². The molecule has 0 fully saturated rings. The van der Waals surface area contributed by atoms with Crippen molar-refractivity contribution in [3.63, 3.8) is 0 Å². The Bertz CT molecular complexity index is 904. The first kappa shape index (κ1) is 19.6. The lowest BCUT2D eigenvalue weighted by Crippen LogP contribution is -2.30. The number of halogens is 1. The molecule has 10 nitrogen and oxygen atoms in total. The van der Waals surface area contributed by atoms with Crippen LogP contribution in [0.15, 0.2) is 36.4 Å². The molecule has 0 aliphatic rings. The second-order valence-corrected chi connectivity index (χ2v) is 5.26. The molecule has 0 aromatic heterocycles. The molecule has 142 valence electrons. The maximum atomic E-state index is 13.3. The Morgan fingerprint density at radius 3 is 2.41 bits per heavy atom. The Morgan fingerprint density at radius 1 is 1.11 bits per heavy atom. The van der Waals surface area contributed by atoms with Gasteiger partial charge in [-0.3, -0.25) is 25.0 Å². The fraction of sp³-hybridized carbons (Fsp3) is 0.188. The van der Waals surface area contributed by atoms with Crippen LogP contribution < -0.4 is 14.8 Å². The van der Waals surface area contributed by atoms with Gasteiger partial charge in [-0.2, -0.15) is 0 Å². The second-order valence-electron chi connectivity index (χ2n) is 5.26. The third-order valence-corrected chi connectivity index (χ3v) is 3.45. The number of amides is 1. The van der Waals surface area contributed by atoms with Gasteiger partial charge in [-0.05, 0) is 19.1 Å². The molecule has 2 aromatic carbocycles. The Labute approximate surface area is 151 Å².